The van der Waals surface area contributed by atoms with Gasteiger partial charge in [-0.15, -0.1) is 0 Å². The molecule has 6 heteroatoms. The summed E-state index contributed by atoms with van der Waals surface area (Å²) in [5.41, 5.74) is 4.99. The highest BCUT2D eigenvalue weighted by Crippen LogP contribution is 2.33. The molecule has 2 heterocycles. The molecule has 4 aromatic rings. The average Bonchev–Trinajstić information content (AvgIpc) is 2.73. The summed E-state index contributed by atoms with van der Waals surface area (Å²) >= 11 is 3.52. The zero-order chi connectivity index (χ0) is 18.8. The molecule has 0 bridgehead atoms. The lowest BCUT2D eigenvalue weighted by Crippen LogP contribution is -1.97. The van der Waals surface area contributed by atoms with Crippen LogP contribution >= 0.6 is 15.9 Å². The van der Waals surface area contributed by atoms with Crippen LogP contribution in [0.4, 0.5) is 0 Å². The highest BCUT2D eigenvalue weighted by atomic mass is 79.9. The van der Waals surface area contributed by atoms with Gasteiger partial charge in [0.1, 0.15) is 22.5 Å². The van der Waals surface area contributed by atoms with Gasteiger partial charge in [0.15, 0.2) is 0 Å². The number of rotatable bonds is 4. The van der Waals surface area contributed by atoms with E-state index in [0.717, 1.165) is 49.5 Å². The number of pyridine rings is 1. The van der Waals surface area contributed by atoms with Crippen molar-refractivity contribution < 1.29 is 9.47 Å². The summed E-state index contributed by atoms with van der Waals surface area (Å²) in [4.78, 5) is 14.0. The molecule has 0 spiro atoms. The SMILES string of the molecule is COc1ccc(-c2nc3cncc(Br)c3nc2-c2ccc(OC)cc2)cc1. The molecular weight excluding hydrogens is 406 g/mol. The summed E-state index contributed by atoms with van der Waals surface area (Å²) in [6.45, 7) is 0. The lowest BCUT2D eigenvalue weighted by atomic mass is 10.0. The quantitative estimate of drug-likeness (QED) is 0.456. The van der Waals surface area contributed by atoms with Crippen LogP contribution in [0, 0.1) is 0 Å². The van der Waals surface area contributed by atoms with Crippen LogP contribution in [0.5, 0.6) is 11.5 Å². The first-order valence-corrected chi connectivity index (χ1v) is 9.09. The van der Waals surface area contributed by atoms with Crippen molar-refractivity contribution in [2.75, 3.05) is 14.2 Å². The zero-order valence-electron chi connectivity index (χ0n) is 14.8. The Bertz CT molecular complexity index is 1100. The number of hydrogen-bond donors (Lipinski definition) is 0. The van der Waals surface area contributed by atoms with Gasteiger partial charge in [-0.05, 0) is 64.5 Å². The van der Waals surface area contributed by atoms with Gasteiger partial charge in [0.25, 0.3) is 0 Å². The van der Waals surface area contributed by atoms with E-state index < -0.39 is 0 Å². The molecule has 0 atom stereocenters. The summed E-state index contributed by atoms with van der Waals surface area (Å²) in [6.07, 6.45) is 3.44. The third kappa shape index (κ3) is 3.36. The number of methoxy groups -OCH3 is 2. The maximum Gasteiger partial charge on any atom is 0.118 e. The fourth-order valence-electron chi connectivity index (χ4n) is 2.85. The van der Waals surface area contributed by atoms with Crippen molar-refractivity contribution in [2.24, 2.45) is 0 Å². The van der Waals surface area contributed by atoms with E-state index in [1.807, 2.05) is 48.5 Å². The van der Waals surface area contributed by atoms with Crippen molar-refractivity contribution in [3.05, 3.63) is 65.4 Å². The van der Waals surface area contributed by atoms with Gasteiger partial charge in [0.2, 0.25) is 0 Å². The van der Waals surface area contributed by atoms with Crippen LogP contribution in [0.1, 0.15) is 0 Å². The van der Waals surface area contributed by atoms with Crippen LogP contribution in [0.2, 0.25) is 0 Å². The molecule has 0 saturated heterocycles. The predicted molar refractivity (Wildman–Crippen MR) is 109 cm³/mol. The molecule has 0 aliphatic heterocycles. The van der Waals surface area contributed by atoms with Gasteiger partial charge < -0.3 is 9.47 Å². The van der Waals surface area contributed by atoms with Gasteiger partial charge in [0.05, 0.1) is 36.3 Å². The second-order valence-electron chi connectivity index (χ2n) is 5.87. The molecule has 27 heavy (non-hydrogen) atoms. The normalized spacial score (nSPS) is 10.8. The van der Waals surface area contributed by atoms with Gasteiger partial charge in [-0.3, -0.25) is 4.98 Å². The van der Waals surface area contributed by atoms with E-state index in [-0.39, 0.29) is 0 Å². The highest BCUT2D eigenvalue weighted by Gasteiger charge is 2.15. The minimum Gasteiger partial charge on any atom is -0.497 e. The van der Waals surface area contributed by atoms with E-state index in [9.17, 15) is 0 Å². The van der Waals surface area contributed by atoms with E-state index >= 15 is 0 Å². The number of ether oxygens (including phenoxy) is 2. The Balaban J connectivity index is 1.96. The molecule has 0 amide bonds. The van der Waals surface area contributed by atoms with Crippen molar-refractivity contribution in [1.82, 2.24) is 15.0 Å². The zero-order valence-corrected chi connectivity index (χ0v) is 16.4. The Labute approximate surface area is 165 Å². The fraction of sp³-hybridized carbons (Fsp3) is 0.0952. The summed E-state index contributed by atoms with van der Waals surface area (Å²) in [6, 6.07) is 15.6. The molecule has 134 valence electrons. The molecule has 5 nitrogen and oxygen atoms in total. The summed E-state index contributed by atoms with van der Waals surface area (Å²) < 4.78 is 11.3. The first-order chi connectivity index (χ1) is 13.2. The minimum atomic E-state index is 0.729. The van der Waals surface area contributed by atoms with E-state index in [1.165, 1.54) is 0 Å². The Morgan fingerprint density at radius 2 is 1.22 bits per heavy atom. The van der Waals surface area contributed by atoms with Crippen LogP contribution in [0.3, 0.4) is 0 Å². The van der Waals surface area contributed by atoms with E-state index in [4.69, 9.17) is 19.4 Å². The monoisotopic (exact) mass is 421 g/mol. The number of halogens is 1. The largest absolute Gasteiger partial charge is 0.497 e. The lowest BCUT2D eigenvalue weighted by Gasteiger charge is -2.12. The van der Waals surface area contributed by atoms with Gasteiger partial charge in [-0.2, -0.15) is 0 Å². The maximum atomic E-state index is 5.27. The number of fused-ring (bicyclic) bond motifs is 1. The highest BCUT2D eigenvalue weighted by molar-refractivity contribution is 9.10. The molecule has 4 rings (SSSR count). The minimum absolute atomic E-state index is 0.729. The third-order valence-corrected chi connectivity index (χ3v) is 4.84. The number of hydrogen-bond acceptors (Lipinski definition) is 5. The van der Waals surface area contributed by atoms with Crippen LogP contribution in [0.25, 0.3) is 33.5 Å². The summed E-state index contributed by atoms with van der Waals surface area (Å²) in [5.74, 6) is 1.59. The summed E-state index contributed by atoms with van der Waals surface area (Å²) in [7, 11) is 3.30. The van der Waals surface area contributed by atoms with E-state index in [0.29, 0.717) is 0 Å². The summed E-state index contributed by atoms with van der Waals surface area (Å²) in [5, 5.41) is 0. The third-order valence-electron chi connectivity index (χ3n) is 4.26. The second kappa shape index (κ2) is 7.32. The smallest absolute Gasteiger partial charge is 0.118 e. The molecule has 0 aliphatic rings. The number of benzene rings is 2. The van der Waals surface area contributed by atoms with Crippen LogP contribution in [-0.4, -0.2) is 29.2 Å². The van der Waals surface area contributed by atoms with Crippen molar-refractivity contribution in [2.45, 2.75) is 0 Å². The fourth-order valence-corrected chi connectivity index (χ4v) is 3.26. The molecule has 0 saturated carbocycles. The lowest BCUT2D eigenvalue weighted by molar-refractivity contribution is 0.414. The van der Waals surface area contributed by atoms with E-state index in [1.54, 1.807) is 26.6 Å². The Kier molecular flexibility index (Phi) is 4.73. The molecule has 0 aliphatic carbocycles. The number of aromatic nitrogens is 3. The Morgan fingerprint density at radius 1 is 0.704 bits per heavy atom. The van der Waals surface area contributed by atoms with Gasteiger partial charge in [-0.1, -0.05) is 0 Å². The molecule has 0 fully saturated rings. The Hall–Kier alpha value is -2.99. The average molecular weight is 422 g/mol. The first-order valence-electron chi connectivity index (χ1n) is 8.29. The molecular formula is C21H16BrN3O2. The topological polar surface area (TPSA) is 57.1 Å². The van der Waals surface area contributed by atoms with Crippen molar-refractivity contribution in [3.63, 3.8) is 0 Å². The first kappa shape index (κ1) is 17.4. The van der Waals surface area contributed by atoms with E-state index in [2.05, 4.69) is 20.9 Å². The van der Waals surface area contributed by atoms with Gasteiger partial charge in [0, 0.05) is 17.3 Å². The Morgan fingerprint density at radius 3 is 1.74 bits per heavy atom. The molecule has 2 aromatic carbocycles. The van der Waals surface area contributed by atoms with Crippen molar-refractivity contribution >= 4 is 27.0 Å². The van der Waals surface area contributed by atoms with Crippen LogP contribution in [-0.2, 0) is 0 Å². The standard InChI is InChI=1S/C21H16BrN3O2/c1-26-15-7-3-13(4-8-15)19-20(14-5-9-16(27-2)10-6-14)25-21-17(22)11-23-12-18(21)24-19/h3-12H,1-2H3. The van der Waals surface area contributed by atoms with Crippen LogP contribution < -0.4 is 9.47 Å². The molecule has 2 aromatic heterocycles. The molecule has 0 unspecified atom stereocenters. The number of nitrogens with zero attached hydrogens (tertiary/aromatic N) is 3. The maximum absolute atomic E-state index is 5.27. The van der Waals surface area contributed by atoms with Gasteiger partial charge >= 0.3 is 0 Å². The molecule has 0 N–H and O–H groups in total. The molecule has 0 radical (unpaired) electrons. The van der Waals surface area contributed by atoms with Crippen molar-refractivity contribution in [1.29, 1.82) is 0 Å². The van der Waals surface area contributed by atoms with Crippen molar-refractivity contribution in [3.8, 4) is 34.0 Å². The predicted octanol–water partition coefficient (Wildman–Crippen LogP) is 5.14. The van der Waals surface area contributed by atoms with Crippen LogP contribution in [0.15, 0.2) is 65.4 Å². The van der Waals surface area contributed by atoms with Gasteiger partial charge in [-0.25, -0.2) is 9.97 Å². The second-order valence-corrected chi connectivity index (χ2v) is 6.72.